The molecule has 2 aromatic rings. The molecule has 1 nitrogen and oxygen atoms in total. The van der Waals surface area contributed by atoms with Crippen LogP contribution in [0.5, 0.6) is 0 Å². The van der Waals surface area contributed by atoms with Crippen molar-refractivity contribution >= 4 is 22.5 Å². The highest BCUT2D eigenvalue weighted by Crippen LogP contribution is 2.27. The molecule has 0 saturated heterocycles. The molecule has 0 aliphatic rings. The number of para-hydroxylation sites is 1. The molecule has 1 aromatic carbocycles. The summed E-state index contributed by atoms with van der Waals surface area (Å²) >= 11 is 6.31. The normalized spacial score (nSPS) is 10.8. The van der Waals surface area contributed by atoms with Crippen molar-refractivity contribution in [1.29, 1.82) is 0 Å². The van der Waals surface area contributed by atoms with E-state index in [1.807, 2.05) is 31.2 Å². The zero-order valence-corrected chi connectivity index (χ0v) is 9.10. The molecule has 0 saturated carbocycles. The van der Waals surface area contributed by atoms with E-state index in [4.69, 9.17) is 11.6 Å². The second-order valence-corrected chi connectivity index (χ2v) is 3.74. The summed E-state index contributed by atoms with van der Waals surface area (Å²) in [5.41, 5.74) is 3.17. The van der Waals surface area contributed by atoms with E-state index in [0.29, 0.717) is 0 Å². The van der Waals surface area contributed by atoms with E-state index in [-0.39, 0.29) is 0 Å². The average molecular weight is 206 g/mol. The van der Waals surface area contributed by atoms with Gasteiger partial charge in [0.1, 0.15) is 0 Å². The van der Waals surface area contributed by atoms with Gasteiger partial charge in [-0.3, -0.25) is 4.98 Å². The molecular formula is C12H12ClN. The SMILES string of the molecule is CCc1c(C)nc2ccccc2c1Cl. The van der Waals surface area contributed by atoms with Gasteiger partial charge in [0.05, 0.1) is 10.5 Å². The zero-order chi connectivity index (χ0) is 10.1. The Hall–Kier alpha value is -1.08. The third-order valence-electron chi connectivity index (χ3n) is 2.48. The van der Waals surface area contributed by atoms with E-state index in [1.54, 1.807) is 0 Å². The van der Waals surface area contributed by atoms with Gasteiger partial charge in [-0.1, -0.05) is 36.7 Å². The summed E-state index contributed by atoms with van der Waals surface area (Å²) in [6, 6.07) is 7.98. The Morgan fingerprint density at radius 1 is 1.29 bits per heavy atom. The fourth-order valence-electron chi connectivity index (χ4n) is 1.74. The predicted molar refractivity (Wildman–Crippen MR) is 60.9 cm³/mol. The van der Waals surface area contributed by atoms with E-state index in [1.165, 1.54) is 0 Å². The highest BCUT2D eigenvalue weighted by molar-refractivity contribution is 6.36. The van der Waals surface area contributed by atoms with Crippen LogP contribution in [0.3, 0.4) is 0 Å². The van der Waals surface area contributed by atoms with Crippen LogP contribution in [0.4, 0.5) is 0 Å². The van der Waals surface area contributed by atoms with E-state index in [0.717, 1.165) is 33.6 Å². The number of aryl methyl sites for hydroxylation is 1. The van der Waals surface area contributed by atoms with E-state index >= 15 is 0 Å². The number of aromatic nitrogens is 1. The van der Waals surface area contributed by atoms with Crippen molar-refractivity contribution in [3.8, 4) is 0 Å². The minimum atomic E-state index is 0.857. The summed E-state index contributed by atoms with van der Waals surface area (Å²) in [5.74, 6) is 0. The molecule has 72 valence electrons. The van der Waals surface area contributed by atoms with Crippen LogP contribution in [0.25, 0.3) is 10.9 Å². The largest absolute Gasteiger partial charge is 0.253 e. The number of pyridine rings is 1. The molecule has 0 unspecified atom stereocenters. The second kappa shape index (κ2) is 3.58. The van der Waals surface area contributed by atoms with Crippen molar-refractivity contribution in [2.24, 2.45) is 0 Å². The lowest BCUT2D eigenvalue weighted by Crippen LogP contribution is -1.93. The lowest BCUT2D eigenvalue weighted by atomic mass is 10.1. The first-order valence-electron chi connectivity index (χ1n) is 4.77. The Kier molecular flexibility index (Phi) is 2.42. The van der Waals surface area contributed by atoms with Gasteiger partial charge in [-0.25, -0.2) is 0 Å². The third kappa shape index (κ3) is 1.38. The van der Waals surface area contributed by atoms with Crippen LogP contribution in [0.15, 0.2) is 24.3 Å². The molecular weight excluding hydrogens is 194 g/mol. The fourth-order valence-corrected chi connectivity index (χ4v) is 2.17. The number of hydrogen-bond donors (Lipinski definition) is 0. The molecule has 1 aromatic heterocycles. The quantitative estimate of drug-likeness (QED) is 0.691. The minimum absolute atomic E-state index is 0.857. The number of nitrogens with zero attached hydrogens (tertiary/aromatic N) is 1. The molecule has 0 amide bonds. The maximum atomic E-state index is 6.31. The van der Waals surface area contributed by atoms with Gasteiger partial charge in [-0.2, -0.15) is 0 Å². The van der Waals surface area contributed by atoms with Crippen LogP contribution in [0, 0.1) is 6.92 Å². The highest BCUT2D eigenvalue weighted by atomic mass is 35.5. The molecule has 0 bridgehead atoms. The third-order valence-corrected chi connectivity index (χ3v) is 2.92. The fraction of sp³-hybridized carbons (Fsp3) is 0.250. The smallest absolute Gasteiger partial charge is 0.0720 e. The summed E-state index contributed by atoms with van der Waals surface area (Å²) in [4.78, 5) is 4.52. The van der Waals surface area contributed by atoms with Gasteiger partial charge in [0.15, 0.2) is 0 Å². The Labute approximate surface area is 88.7 Å². The topological polar surface area (TPSA) is 12.9 Å². The van der Waals surface area contributed by atoms with Crippen LogP contribution < -0.4 is 0 Å². The molecule has 0 fully saturated rings. The maximum Gasteiger partial charge on any atom is 0.0720 e. The number of rotatable bonds is 1. The Bertz CT molecular complexity index is 477. The standard InChI is InChI=1S/C12H12ClN/c1-3-9-8(2)14-11-7-5-4-6-10(11)12(9)13/h4-7H,3H2,1-2H3. The molecule has 2 rings (SSSR count). The number of halogens is 1. The lowest BCUT2D eigenvalue weighted by Gasteiger charge is -2.08. The molecule has 14 heavy (non-hydrogen) atoms. The average Bonchev–Trinajstić information content (AvgIpc) is 2.18. The van der Waals surface area contributed by atoms with Crippen LogP contribution in [0.2, 0.25) is 5.02 Å². The Morgan fingerprint density at radius 2 is 2.00 bits per heavy atom. The first-order valence-corrected chi connectivity index (χ1v) is 5.15. The van der Waals surface area contributed by atoms with Gasteiger partial charge in [-0.15, -0.1) is 0 Å². The number of hydrogen-bond acceptors (Lipinski definition) is 1. The molecule has 0 spiro atoms. The number of fused-ring (bicyclic) bond motifs is 1. The van der Waals surface area contributed by atoms with Crippen molar-refractivity contribution < 1.29 is 0 Å². The number of benzene rings is 1. The predicted octanol–water partition coefficient (Wildman–Crippen LogP) is 3.76. The molecule has 2 heteroatoms. The van der Waals surface area contributed by atoms with Crippen molar-refractivity contribution in [3.63, 3.8) is 0 Å². The van der Waals surface area contributed by atoms with Gasteiger partial charge in [0, 0.05) is 11.1 Å². The summed E-state index contributed by atoms with van der Waals surface area (Å²) in [5, 5.41) is 1.91. The zero-order valence-electron chi connectivity index (χ0n) is 8.34. The van der Waals surface area contributed by atoms with E-state index < -0.39 is 0 Å². The molecule has 1 heterocycles. The Morgan fingerprint density at radius 3 is 2.71 bits per heavy atom. The van der Waals surface area contributed by atoms with Crippen molar-refractivity contribution in [3.05, 3.63) is 40.5 Å². The summed E-state index contributed by atoms with van der Waals surface area (Å²) in [6.07, 6.45) is 0.933. The lowest BCUT2D eigenvalue weighted by molar-refractivity contribution is 1.07. The van der Waals surface area contributed by atoms with Crippen molar-refractivity contribution in [2.45, 2.75) is 20.3 Å². The first kappa shape index (κ1) is 9.47. The van der Waals surface area contributed by atoms with Gasteiger partial charge in [0.2, 0.25) is 0 Å². The van der Waals surface area contributed by atoms with Crippen LogP contribution >= 0.6 is 11.6 Å². The first-order chi connectivity index (χ1) is 6.74. The van der Waals surface area contributed by atoms with Gasteiger partial charge in [-0.05, 0) is 25.0 Å². The monoisotopic (exact) mass is 205 g/mol. The van der Waals surface area contributed by atoms with Gasteiger partial charge >= 0.3 is 0 Å². The molecule has 0 atom stereocenters. The maximum absolute atomic E-state index is 6.31. The van der Waals surface area contributed by atoms with Gasteiger partial charge in [0.25, 0.3) is 0 Å². The highest BCUT2D eigenvalue weighted by Gasteiger charge is 2.07. The van der Waals surface area contributed by atoms with Crippen molar-refractivity contribution in [1.82, 2.24) is 4.98 Å². The Balaban J connectivity index is 2.86. The summed E-state index contributed by atoms with van der Waals surface area (Å²) < 4.78 is 0. The van der Waals surface area contributed by atoms with Crippen LogP contribution in [-0.4, -0.2) is 4.98 Å². The van der Waals surface area contributed by atoms with Crippen LogP contribution in [-0.2, 0) is 6.42 Å². The minimum Gasteiger partial charge on any atom is -0.253 e. The van der Waals surface area contributed by atoms with Crippen molar-refractivity contribution in [2.75, 3.05) is 0 Å². The molecule has 0 N–H and O–H groups in total. The molecule has 0 aliphatic carbocycles. The van der Waals surface area contributed by atoms with Crippen LogP contribution in [0.1, 0.15) is 18.2 Å². The van der Waals surface area contributed by atoms with E-state index in [2.05, 4.69) is 11.9 Å². The molecule has 0 aliphatic heterocycles. The van der Waals surface area contributed by atoms with E-state index in [9.17, 15) is 0 Å². The molecule has 0 radical (unpaired) electrons. The summed E-state index contributed by atoms with van der Waals surface area (Å²) in [7, 11) is 0. The summed E-state index contributed by atoms with van der Waals surface area (Å²) in [6.45, 7) is 4.11. The second-order valence-electron chi connectivity index (χ2n) is 3.36. The van der Waals surface area contributed by atoms with Gasteiger partial charge < -0.3 is 0 Å².